The van der Waals surface area contributed by atoms with Crippen LogP contribution in [0, 0.1) is 0 Å². The van der Waals surface area contributed by atoms with Crippen LogP contribution in [0.5, 0.6) is 5.75 Å². The van der Waals surface area contributed by atoms with E-state index < -0.39 is 0 Å². The molecule has 0 N–H and O–H groups in total. The summed E-state index contributed by atoms with van der Waals surface area (Å²) in [6.07, 6.45) is 3.19. The lowest BCUT2D eigenvalue weighted by molar-refractivity contribution is -0.165. The first-order chi connectivity index (χ1) is 11.9. The standard InChI is InChI=1S/C19H29BO5/c1-18(2)19(3,4)25-20(24-18)15-8-7-9-16(14-15)21-12-13-23-17-10-5-6-11-22-17/h7-9,14,17H,5-6,10-13H2,1-4H3. The number of hydrogen-bond acceptors (Lipinski definition) is 5. The lowest BCUT2D eigenvalue weighted by Gasteiger charge is -2.32. The van der Waals surface area contributed by atoms with Gasteiger partial charge in [-0.1, -0.05) is 12.1 Å². The molecule has 2 saturated heterocycles. The molecule has 25 heavy (non-hydrogen) atoms. The highest BCUT2D eigenvalue weighted by Crippen LogP contribution is 2.36. The molecule has 1 atom stereocenters. The van der Waals surface area contributed by atoms with Crippen molar-refractivity contribution < 1.29 is 23.5 Å². The second kappa shape index (κ2) is 7.66. The molecule has 0 amide bonds. The van der Waals surface area contributed by atoms with Crippen LogP contribution >= 0.6 is 0 Å². The Morgan fingerprint density at radius 2 is 1.84 bits per heavy atom. The summed E-state index contributed by atoms with van der Waals surface area (Å²) in [6, 6.07) is 7.87. The Kier molecular flexibility index (Phi) is 5.73. The normalized spacial score (nSPS) is 25.1. The van der Waals surface area contributed by atoms with Gasteiger partial charge in [-0.15, -0.1) is 0 Å². The molecule has 1 unspecified atom stereocenters. The van der Waals surface area contributed by atoms with Gasteiger partial charge in [0.2, 0.25) is 0 Å². The number of benzene rings is 1. The minimum absolute atomic E-state index is 0.0755. The molecule has 0 aliphatic carbocycles. The van der Waals surface area contributed by atoms with Crippen molar-refractivity contribution in [2.75, 3.05) is 19.8 Å². The number of ether oxygens (including phenoxy) is 3. The summed E-state index contributed by atoms with van der Waals surface area (Å²) in [5.41, 5.74) is 0.276. The fourth-order valence-electron chi connectivity index (χ4n) is 2.91. The van der Waals surface area contributed by atoms with E-state index >= 15 is 0 Å². The first-order valence-corrected chi connectivity index (χ1v) is 9.19. The summed E-state index contributed by atoms with van der Waals surface area (Å²) in [7, 11) is -0.375. The average Bonchev–Trinajstić information content (AvgIpc) is 2.81. The van der Waals surface area contributed by atoms with Crippen molar-refractivity contribution in [3.05, 3.63) is 24.3 Å². The Morgan fingerprint density at radius 3 is 2.52 bits per heavy atom. The number of hydrogen-bond donors (Lipinski definition) is 0. The molecular formula is C19H29BO5. The molecule has 2 fully saturated rings. The van der Waals surface area contributed by atoms with E-state index in [1.807, 2.05) is 24.3 Å². The first-order valence-electron chi connectivity index (χ1n) is 9.19. The molecule has 0 saturated carbocycles. The molecule has 2 aliphatic heterocycles. The van der Waals surface area contributed by atoms with Gasteiger partial charge in [0.1, 0.15) is 12.4 Å². The zero-order valence-corrected chi connectivity index (χ0v) is 15.7. The molecule has 6 heteroatoms. The van der Waals surface area contributed by atoms with Gasteiger partial charge >= 0.3 is 7.12 Å². The van der Waals surface area contributed by atoms with Gasteiger partial charge in [-0.3, -0.25) is 0 Å². The predicted octanol–water partition coefficient (Wildman–Crippen LogP) is 2.91. The number of rotatable bonds is 6. The molecule has 1 aromatic rings. The van der Waals surface area contributed by atoms with Crippen molar-refractivity contribution in [2.45, 2.75) is 64.4 Å². The van der Waals surface area contributed by atoms with Crippen LogP contribution in [0.25, 0.3) is 0 Å². The van der Waals surface area contributed by atoms with E-state index in [4.69, 9.17) is 23.5 Å². The molecule has 3 rings (SSSR count). The molecule has 2 heterocycles. The van der Waals surface area contributed by atoms with E-state index in [9.17, 15) is 0 Å². The Labute approximate surface area is 151 Å². The smallest absolute Gasteiger partial charge is 0.491 e. The summed E-state index contributed by atoms with van der Waals surface area (Å²) in [4.78, 5) is 0. The highest BCUT2D eigenvalue weighted by molar-refractivity contribution is 6.62. The van der Waals surface area contributed by atoms with Crippen molar-refractivity contribution in [2.24, 2.45) is 0 Å². The fraction of sp³-hybridized carbons (Fsp3) is 0.684. The summed E-state index contributed by atoms with van der Waals surface area (Å²) in [5.74, 6) is 0.792. The van der Waals surface area contributed by atoms with Crippen LogP contribution in [-0.2, 0) is 18.8 Å². The maximum Gasteiger partial charge on any atom is 0.494 e. The van der Waals surface area contributed by atoms with Gasteiger partial charge in [0, 0.05) is 6.61 Å². The van der Waals surface area contributed by atoms with Gasteiger partial charge < -0.3 is 23.5 Å². The highest BCUT2D eigenvalue weighted by atomic mass is 16.7. The van der Waals surface area contributed by atoms with E-state index in [0.717, 1.165) is 30.7 Å². The van der Waals surface area contributed by atoms with Crippen molar-refractivity contribution >= 4 is 12.6 Å². The topological polar surface area (TPSA) is 46.2 Å². The van der Waals surface area contributed by atoms with Gasteiger partial charge in [-0.25, -0.2) is 0 Å². The first kappa shape index (κ1) is 18.7. The van der Waals surface area contributed by atoms with Gasteiger partial charge in [-0.05, 0) is 64.6 Å². The van der Waals surface area contributed by atoms with Crippen LogP contribution in [0.2, 0.25) is 0 Å². The molecule has 138 valence electrons. The zero-order chi connectivity index (χ0) is 17.9. The second-order valence-electron chi connectivity index (χ2n) is 7.68. The molecule has 5 nitrogen and oxygen atoms in total. The van der Waals surface area contributed by atoms with E-state index in [1.165, 1.54) is 6.42 Å². The quantitative estimate of drug-likeness (QED) is 0.584. The van der Waals surface area contributed by atoms with Crippen LogP contribution in [-0.4, -0.2) is 44.4 Å². The minimum Gasteiger partial charge on any atom is -0.491 e. The summed E-state index contributed by atoms with van der Waals surface area (Å²) in [6.45, 7) is 10.0. The van der Waals surface area contributed by atoms with Crippen molar-refractivity contribution in [3.63, 3.8) is 0 Å². The van der Waals surface area contributed by atoms with E-state index in [0.29, 0.717) is 13.2 Å². The molecule has 0 aromatic heterocycles. The minimum atomic E-state index is -0.375. The van der Waals surface area contributed by atoms with Gasteiger partial charge in [-0.2, -0.15) is 0 Å². The molecule has 1 aromatic carbocycles. The third-order valence-corrected chi connectivity index (χ3v) is 5.18. The van der Waals surface area contributed by atoms with Crippen LogP contribution in [0.4, 0.5) is 0 Å². The molecule has 0 bridgehead atoms. The SMILES string of the molecule is CC1(C)OB(c2cccc(OCCOC3CCCCO3)c2)OC1(C)C. The van der Waals surface area contributed by atoms with Gasteiger partial charge in [0.25, 0.3) is 0 Å². The second-order valence-corrected chi connectivity index (χ2v) is 7.68. The summed E-state index contributed by atoms with van der Waals surface area (Å²) < 4.78 is 29.2. The molecule has 0 radical (unpaired) electrons. The lowest BCUT2D eigenvalue weighted by atomic mass is 9.79. The van der Waals surface area contributed by atoms with Crippen molar-refractivity contribution in [1.82, 2.24) is 0 Å². The van der Waals surface area contributed by atoms with Crippen molar-refractivity contribution in [3.8, 4) is 5.75 Å². The molecular weight excluding hydrogens is 319 g/mol. The summed E-state index contributed by atoms with van der Waals surface area (Å²) in [5, 5.41) is 0. The largest absolute Gasteiger partial charge is 0.494 e. The monoisotopic (exact) mass is 348 g/mol. The highest BCUT2D eigenvalue weighted by Gasteiger charge is 2.51. The summed E-state index contributed by atoms with van der Waals surface area (Å²) >= 11 is 0. The fourth-order valence-corrected chi connectivity index (χ4v) is 2.91. The third kappa shape index (κ3) is 4.56. The van der Waals surface area contributed by atoms with E-state index in [1.54, 1.807) is 0 Å². The average molecular weight is 348 g/mol. The lowest BCUT2D eigenvalue weighted by Crippen LogP contribution is -2.41. The van der Waals surface area contributed by atoms with Crippen LogP contribution in [0.3, 0.4) is 0 Å². The zero-order valence-electron chi connectivity index (χ0n) is 15.7. The van der Waals surface area contributed by atoms with E-state index in [-0.39, 0.29) is 24.6 Å². The molecule has 0 spiro atoms. The Bertz CT molecular complexity index is 553. The van der Waals surface area contributed by atoms with Gasteiger partial charge in [0.15, 0.2) is 6.29 Å². The predicted molar refractivity (Wildman–Crippen MR) is 97.2 cm³/mol. The maximum atomic E-state index is 6.09. The van der Waals surface area contributed by atoms with Crippen LogP contribution < -0.4 is 10.2 Å². The third-order valence-electron chi connectivity index (χ3n) is 5.18. The Morgan fingerprint density at radius 1 is 1.08 bits per heavy atom. The Balaban J connectivity index is 1.50. The van der Waals surface area contributed by atoms with Crippen LogP contribution in [0.15, 0.2) is 24.3 Å². The van der Waals surface area contributed by atoms with E-state index in [2.05, 4.69) is 27.7 Å². The maximum absolute atomic E-state index is 6.09. The van der Waals surface area contributed by atoms with Gasteiger partial charge in [0.05, 0.1) is 17.8 Å². The molecule has 2 aliphatic rings. The van der Waals surface area contributed by atoms with Crippen molar-refractivity contribution in [1.29, 1.82) is 0 Å². The van der Waals surface area contributed by atoms with Crippen LogP contribution in [0.1, 0.15) is 47.0 Å². The Hall–Kier alpha value is -1.08.